The second kappa shape index (κ2) is 8.29. The Kier molecular flexibility index (Phi) is 5.78. The summed E-state index contributed by atoms with van der Waals surface area (Å²) in [7, 11) is 0. The van der Waals surface area contributed by atoms with E-state index < -0.39 is 10.8 Å². The molecule has 6 heteroatoms. The summed E-state index contributed by atoms with van der Waals surface area (Å²) in [6, 6.07) is 19.5. The molecule has 3 aromatic rings. The maximum absolute atomic E-state index is 12.8. The third-order valence-electron chi connectivity index (χ3n) is 4.74. The first kappa shape index (κ1) is 20.9. The number of nitrogens with one attached hydrogen (secondary N) is 1. The number of anilines is 1. The Morgan fingerprint density at radius 2 is 1.43 bits per heavy atom. The maximum Gasteiger partial charge on any atom is 0.269 e. The summed E-state index contributed by atoms with van der Waals surface area (Å²) in [5, 5.41) is 13.5. The zero-order valence-electron chi connectivity index (χ0n) is 17.0. The minimum Gasteiger partial charge on any atom is -0.322 e. The van der Waals surface area contributed by atoms with Crippen LogP contribution in [0.1, 0.15) is 52.6 Å². The maximum atomic E-state index is 12.8. The van der Waals surface area contributed by atoms with Crippen molar-refractivity contribution in [2.75, 3.05) is 5.32 Å². The van der Waals surface area contributed by atoms with Gasteiger partial charge in [-0.2, -0.15) is 0 Å². The van der Waals surface area contributed by atoms with E-state index in [0.29, 0.717) is 16.8 Å². The molecule has 3 aromatic carbocycles. The van der Waals surface area contributed by atoms with Crippen molar-refractivity contribution in [2.45, 2.75) is 26.2 Å². The largest absolute Gasteiger partial charge is 0.322 e. The van der Waals surface area contributed by atoms with E-state index in [1.54, 1.807) is 24.3 Å². The lowest BCUT2D eigenvalue weighted by molar-refractivity contribution is -0.384. The highest BCUT2D eigenvalue weighted by Gasteiger charge is 2.16. The molecule has 0 saturated carbocycles. The Balaban J connectivity index is 1.76. The molecule has 0 fully saturated rings. The summed E-state index contributed by atoms with van der Waals surface area (Å²) >= 11 is 0. The Labute approximate surface area is 174 Å². The minimum absolute atomic E-state index is 0.00361. The van der Waals surface area contributed by atoms with Gasteiger partial charge in [0.1, 0.15) is 0 Å². The van der Waals surface area contributed by atoms with Crippen LogP contribution in [0.2, 0.25) is 0 Å². The van der Waals surface area contributed by atoms with Crippen molar-refractivity contribution in [1.29, 1.82) is 0 Å². The molecule has 1 N–H and O–H groups in total. The predicted octanol–water partition coefficient (Wildman–Crippen LogP) is 5.38. The summed E-state index contributed by atoms with van der Waals surface area (Å²) in [5.74, 6) is -0.550. The van der Waals surface area contributed by atoms with E-state index in [9.17, 15) is 19.7 Å². The molecule has 0 bridgehead atoms. The fourth-order valence-corrected chi connectivity index (χ4v) is 2.96. The van der Waals surface area contributed by atoms with Gasteiger partial charge in [-0.05, 0) is 35.2 Å². The van der Waals surface area contributed by atoms with Crippen molar-refractivity contribution in [3.05, 3.63) is 105 Å². The molecule has 0 unspecified atom stereocenters. The summed E-state index contributed by atoms with van der Waals surface area (Å²) < 4.78 is 0. The number of benzene rings is 3. The lowest BCUT2D eigenvalue weighted by Crippen LogP contribution is -2.13. The van der Waals surface area contributed by atoms with Crippen LogP contribution >= 0.6 is 0 Å². The Morgan fingerprint density at radius 3 is 2.00 bits per heavy atom. The van der Waals surface area contributed by atoms with Gasteiger partial charge in [-0.1, -0.05) is 57.2 Å². The molecule has 0 aliphatic heterocycles. The normalized spacial score (nSPS) is 11.0. The van der Waals surface area contributed by atoms with Crippen LogP contribution in [0.5, 0.6) is 0 Å². The summed E-state index contributed by atoms with van der Waals surface area (Å²) in [4.78, 5) is 35.5. The highest BCUT2D eigenvalue weighted by molar-refractivity contribution is 6.10. The zero-order chi connectivity index (χ0) is 21.9. The van der Waals surface area contributed by atoms with Crippen LogP contribution in [0, 0.1) is 10.1 Å². The number of amides is 1. The van der Waals surface area contributed by atoms with Gasteiger partial charge in [-0.3, -0.25) is 19.7 Å². The summed E-state index contributed by atoms with van der Waals surface area (Å²) in [5.41, 5.74) is 2.84. The van der Waals surface area contributed by atoms with Crippen LogP contribution in [0.3, 0.4) is 0 Å². The van der Waals surface area contributed by atoms with Gasteiger partial charge in [0.2, 0.25) is 0 Å². The number of hydrogen-bond donors (Lipinski definition) is 1. The van der Waals surface area contributed by atoms with E-state index in [4.69, 9.17) is 0 Å². The van der Waals surface area contributed by atoms with Gasteiger partial charge in [0, 0.05) is 34.5 Å². The van der Waals surface area contributed by atoms with Crippen molar-refractivity contribution in [3.63, 3.8) is 0 Å². The van der Waals surface area contributed by atoms with Crippen LogP contribution in [0.4, 0.5) is 11.4 Å². The van der Waals surface area contributed by atoms with Gasteiger partial charge in [0.15, 0.2) is 5.78 Å². The third-order valence-corrected chi connectivity index (χ3v) is 4.74. The van der Waals surface area contributed by atoms with Gasteiger partial charge < -0.3 is 5.32 Å². The number of ketones is 1. The van der Waals surface area contributed by atoms with E-state index in [2.05, 4.69) is 26.1 Å². The number of non-ortho nitro benzene ring substituents is 1. The number of carbonyl (C=O) groups excluding carboxylic acids is 2. The molecule has 1 amide bonds. The molecule has 0 heterocycles. The molecule has 0 saturated heterocycles. The molecule has 0 radical (unpaired) electrons. The van der Waals surface area contributed by atoms with Crippen LogP contribution in [0.25, 0.3) is 0 Å². The average molecular weight is 402 g/mol. The van der Waals surface area contributed by atoms with Gasteiger partial charge in [0.25, 0.3) is 11.6 Å². The van der Waals surface area contributed by atoms with Crippen LogP contribution in [-0.2, 0) is 5.41 Å². The first-order chi connectivity index (χ1) is 14.1. The first-order valence-corrected chi connectivity index (χ1v) is 9.46. The van der Waals surface area contributed by atoms with Gasteiger partial charge >= 0.3 is 0 Å². The molecule has 0 aromatic heterocycles. The molecule has 0 spiro atoms. The number of nitro groups is 1. The quantitative estimate of drug-likeness (QED) is 0.353. The zero-order valence-corrected chi connectivity index (χ0v) is 17.0. The molecule has 6 nitrogen and oxygen atoms in total. The smallest absolute Gasteiger partial charge is 0.269 e. The summed E-state index contributed by atoms with van der Waals surface area (Å²) in [6.07, 6.45) is 0. The lowest BCUT2D eigenvalue weighted by atomic mass is 9.86. The van der Waals surface area contributed by atoms with Crippen molar-refractivity contribution in [2.24, 2.45) is 0 Å². The van der Waals surface area contributed by atoms with Crippen LogP contribution < -0.4 is 5.32 Å². The van der Waals surface area contributed by atoms with E-state index >= 15 is 0 Å². The molecule has 0 atom stereocenters. The molecular weight excluding hydrogens is 380 g/mol. The third kappa shape index (κ3) is 4.78. The average Bonchev–Trinajstić information content (AvgIpc) is 2.73. The highest BCUT2D eigenvalue weighted by atomic mass is 16.6. The van der Waals surface area contributed by atoms with Crippen molar-refractivity contribution >= 4 is 23.1 Å². The van der Waals surface area contributed by atoms with Crippen LogP contribution in [-0.4, -0.2) is 16.6 Å². The second-order valence-corrected chi connectivity index (χ2v) is 8.00. The molecule has 0 aliphatic rings. The fraction of sp³-hybridized carbons (Fsp3) is 0.167. The van der Waals surface area contributed by atoms with Crippen LogP contribution in [0.15, 0.2) is 72.8 Å². The van der Waals surface area contributed by atoms with Crippen molar-refractivity contribution in [1.82, 2.24) is 0 Å². The molecule has 152 valence electrons. The molecule has 0 aliphatic carbocycles. The molecule has 30 heavy (non-hydrogen) atoms. The monoisotopic (exact) mass is 402 g/mol. The topological polar surface area (TPSA) is 89.3 Å². The predicted molar refractivity (Wildman–Crippen MR) is 116 cm³/mol. The molecule has 3 rings (SSSR count). The van der Waals surface area contributed by atoms with E-state index in [-0.39, 0.29) is 22.4 Å². The number of nitrogens with zero attached hydrogens (tertiary/aromatic N) is 1. The standard InChI is InChI=1S/C24H22N2O4/c1-24(2,3)19-11-7-16(8-12-19)22(27)18-5-4-6-20(15-18)25-23(28)17-9-13-21(14-10-17)26(29)30/h4-15H,1-3H3,(H,25,28). The minimum atomic E-state index is -0.523. The number of nitro benzene ring substituents is 1. The second-order valence-electron chi connectivity index (χ2n) is 8.00. The van der Waals surface area contributed by atoms with E-state index in [1.165, 1.54) is 24.3 Å². The Bertz CT molecular complexity index is 1100. The Hall–Kier alpha value is -3.80. The first-order valence-electron chi connectivity index (χ1n) is 9.46. The van der Waals surface area contributed by atoms with Gasteiger partial charge in [-0.25, -0.2) is 0 Å². The van der Waals surface area contributed by atoms with Crippen molar-refractivity contribution < 1.29 is 14.5 Å². The Morgan fingerprint density at radius 1 is 0.833 bits per heavy atom. The SMILES string of the molecule is CC(C)(C)c1ccc(C(=O)c2cccc(NC(=O)c3ccc([N+](=O)[O-])cc3)c2)cc1. The number of rotatable bonds is 5. The fourth-order valence-electron chi connectivity index (χ4n) is 2.96. The van der Waals surface area contributed by atoms with Gasteiger partial charge in [0.05, 0.1) is 4.92 Å². The van der Waals surface area contributed by atoms with Crippen molar-refractivity contribution in [3.8, 4) is 0 Å². The van der Waals surface area contributed by atoms with E-state index in [1.807, 2.05) is 24.3 Å². The van der Waals surface area contributed by atoms with E-state index in [0.717, 1.165) is 5.56 Å². The van der Waals surface area contributed by atoms with Gasteiger partial charge in [-0.15, -0.1) is 0 Å². The number of carbonyl (C=O) groups is 2. The molecular formula is C24H22N2O4. The lowest BCUT2D eigenvalue weighted by Gasteiger charge is -2.19. The number of hydrogen-bond acceptors (Lipinski definition) is 4. The summed E-state index contributed by atoms with van der Waals surface area (Å²) in [6.45, 7) is 6.34. The highest BCUT2D eigenvalue weighted by Crippen LogP contribution is 2.23.